The molecule has 1 aromatic carbocycles. The zero-order valence-electron chi connectivity index (χ0n) is 18.1. The fraction of sp³-hybridized carbons (Fsp3) is 0.333. The number of hydrogen-bond donors (Lipinski definition) is 0. The number of aryl methyl sites for hydroxylation is 2. The van der Waals surface area contributed by atoms with Crippen LogP contribution in [0.3, 0.4) is 0 Å². The van der Waals surface area contributed by atoms with E-state index in [4.69, 9.17) is 4.74 Å². The van der Waals surface area contributed by atoms with Gasteiger partial charge in [-0.1, -0.05) is 12.1 Å². The molecule has 166 valence electrons. The largest absolute Gasteiger partial charge is 0.460 e. The topological polar surface area (TPSA) is 91.9 Å². The van der Waals surface area contributed by atoms with Crippen LogP contribution in [0.25, 0.3) is 5.52 Å². The van der Waals surface area contributed by atoms with Crippen LogP contribution in [0.2, 0.25) is 0 Å². The lowest BCUT2D eigenvalue weighted by Gasteiger charge is -2.30. The number of nitriles is 1. The molecule has 0 unspecified atom stereocenters. The molecule has 4 rings (SSSR count). The molecule has 0 atom stereocenters. The fourth-order valence-electron chi connectivity index (χ4n) is 4.04. The second kappa shape index (κ2) is 8.77. The van der Waals surface area contributed by atoms with Crippen LogP contribution in [0.4, 0.5) is 0 Å². The number of piperidine rings is 1. The molecule has 0 amide bonds. The Labute approximate surface area is 187 Å². The lowest BCUT2D eigenvalue weighted by atomic mass is 9.98. The lowest BCUT2D eigenvalue weighted by molar-refractivity contribution is -0.151. The average molecular weight is 452 g/mol. The van der Waals surface area contributed by atoms with Gasteiger partial charge < -0.3 is 9.14 Å². The first kappa shape index (κ1) is 22.1. The number of fused-ring (bicyclic) bond motifs is 1. The van der Waals surface area contributed by atoms with Crippen molar-refractivity contribution in [3.05, 3.63) is 71.0 Å². The summed E-state index contributed by atoms with van der Waals surface area (Å²) in [5.41, 5.74) is 3.89. The molecular formula is C24H25N3O4S. The van der Waals surface area contributed by atoms with Crippen molar-refractivity contribution in [3.8, 4) is 6.07 Å². The molecule has 0 bridgehead atoms. The summed E-state index contributed by atoms with van der Waals surface area (Å²) in [4.78, 5) is 12.9. The van der Waals surface area contributed by atoms with E-state index in [0.717, 1.165) is 16.6 Å². The van der Waals surface area contributed by atoms with Crippen molar-refractivity contribution < 1.29 is 17.9 Å². The van der Waals surface area contributed by atoms with Gasteiger partial charge in [-0.25, -0.2) is 8.42 Å². The Hall–Kier alpha value is -3.15. The SMILES string of the molecule is Cc1ccc(S(=O)(=O)N2CCC(C(=O)OCc3cn4ccccc4c3C#N)CC2)cc1C. The first-order valence-electron chi connectivity index (χ1n) is 10.5. The van der Waals surface area contributed by atoms with Crippen LogP contribution >= 0.6 is 0 Å². The average Bonchev–Trinajstić information content (AvgIpc) is 3.16. The second-order valence-electron chi connectivity index (χ2n) is 8.17. The van der Waals surface area contributed by atoms with Crippen molar-refractivity contribution >= 4 is 21.5 Å². The van der Waals surface area contributed by atoms with Gasteiger partial charge in [0.1, 0.15) is 12.7 Å². The van der Waals surface area contributed by atoms with E-state index in [1.807, 2.05) is 48.7 Å². The van der Waals surface area contributed by atoms with Gasteiger partial charge in [0.05, 0.1) is 21.9 Å². The summed E-state index contributed by atoms with van der Waals surface area (Å²) in [7, 11) is -3.59. The van der Waals surface area contributed by atoms with E-state index in [2.05, 4.69) is 6.07 Å². The van der Waals surface area contributed by atoms with Crippen LogP contribution in [0.15, 0.2) is 53.7 Å². The predicted molar refractivity (Wildman–Crippen MR) is 119 cm³/mol. The minimum Gasteiger partial charge on any atom is -0.460 e. The van der Waals surface area contributed by atoms with Gasteiger partial charge in [0.15, 0.2) is 0 Å². The van der Waals surface area contributed by atoms with E-state index < -0.39 is 10.0 Å². The van der Waals surface area contributed by atoms with Crippen molar-refractivity contribution in [2.45, 2.75) is 38.2 Å². The Kier molecular flexibility index (Phi) is 6.04. The third-order valence-electron chi connectivity index (χ3n) is 6.15. The lowest BCUT2D eigenvalue weighted by Crippen LogP contribution is -2.40. The molecule has 1 saturated heterocycles. The third kappa shape index (κ3) is 4.14. The molecule has 8 heteroatoms. The number of carbonyl (C=O) groups excluding carboxylic acids is 1. The van der Waals surface area contributed by atoms with Crippen molar-refractivity contribution in [1.29, 1.82) is 5.26 Å². The van der Waals surface area contributed by atoms with Gasteiger partial charge in [0, 0.05) is 31.0 Å². The molecule has 3 aromatic rings. The standard InChI is InChI=1S/C24H25N3O4S/c1-17-6-7-21(13-18(17)2)32(29,30)27-11-8-19(9-12-27)24(28)31-16-20-15-26-10-4-3-5-23(26)22(20)14-25/h3-7,10,13,15,19H,8-9,11-12,16H2,1-2H3. The minimum atomic E-state index is -3.59. The molecule has 3 heterocycles. The third-order valence-corrected chi connectivity index (χ3v) is 8.04. The maximum Gasteiger partial charge on any atom is 0.309 e. The minimum absolute atomic E-state index is 0.0184. The van der Waals surface area contributed by atoms with E-state index >= 15 is 0 Å². The molecular weight excluding hydrogens is 426 g/mol. The number of ether oxygens (including phenoxy) is 1. The Morgan fingerprint density at radius 1 is 1.16 bits per heavy atom. The first-order valence-corrected chi connectivity index (χ1v) is 12.0. The number of hydrogen-bond acceptors (Lipinski definition) is 5. The first-order chi connectivity index (χ1) is 15.3. The Balaban J connectivity index is 1.38. The van der Waals surface area contributed by atoms with Crippen LogP contribution < -0.4 is 0 Å². The predicted octanol–water partition coefficient (Wildman–Crippen LogP) is 3.57. The van der Waals surface area contributed by atoms with Gasteiger partial charge in [0.2, 0.25) is 10.0 Å². The highest BCUT2D eigenvalue weighted by molar-refractivity contribution is 7.89. The number of nitrogens with zero attached hydrogens (tertiary/aromatic N) is 3. The monoisotopic (exact) mass is 451 g/mol. The fourth-order valence-corrected chi connectivity index (χ4v) is 5.59. The summed E-state index contributed by atoms with van der Waals surface area (Å²) in [5, 5.41) is 9.48. The zero-order valence-corrected chi connectivity index (χ0v) is 18.9. The molecule has 1 aliphatic rings. The highest BCUT2D eigenvalue weighted by Crippen LogP contribution is 2.26. The van der Waals surface area contributed by atoms with Crippen LogP contribution in [-0.4, -0.2) is 36.2 Å². The van der Waals surface area contributed by atoms with Crippen LogP contribution in [0.1, 0.15) is 35.1 Å². The van der Waals surface area contributed by atoms with E-state index in [9.17, 15) is 18.5 Å². The van der Waals surface area contributed by atoms with Crippen LogP contribution in [0, 0.1) is 31.1 Å². The summed E-state index contributed by atoms with van der Waals surface area (Å²) in [6, 6.07) is 12.9. The summed E-state index contributed by atoms with van der Waals surface area (Å²) < 4.78 is 34.7. The molecule has 0 spiro atoms. The van der Waals surface area contributed by atoms with E-state index in [1.54, 1.807) is 18.3 Å². The van der Waals surface area contributed by atoms with Gasteiger partial charge in [-0.15, -0.1) is 0 Å². The highest BCUT2D eigenvalue weighted by atomic mass is 32.2. The molecule has 32 heavy (non-hydrogen) atoms. The number of aromatic nitrogens is 1. The van der Waals surface area contributed by atoms with E-state index in [0.29, 0.717) is 24.0 Å². The van der Waals surface area contributed by atoms with Gasteiger partial charge in [-0.2, -0.15) is 9.57 Å². The Morgan fingerprint density at radius 3 is 2.59 bits per heavy atom. The number of pyridine rings is 1. The van der Waals surface area contributed by atoms with Gasteiger partial charge in [-0.05, 0) is 62.1 Å². The zero-order chi connectivity index (χ0) is 22.9. The highest BCUT2D eigenvalue weighted by Gasteiger charge is 2.33. The van der Waals surface area contributed by atoms with Crippen molar-refractivity contribution in [2.75, 3.05) is 13.1 Å². The Morgan fingerprint density at radius 2 is 1.91 bits per heavy atom. The molecule has 0 saturated carbocycles. The van der Waals surface area contributed by atoms with Crippen LogP contribution in [-0.2, 0) is 26.2 Å². The number of esters is 1. The number of carbonyl (C=O) groups is 1. The van der Waals surface area contributed by atoms with E-state index in [1.165, 1.54) is 4.31 Å². The van der Waals surface area contributed by atoms with Crippen LogP contribution in [0.5, 0.6) is 0 Å². The molecule has 0 aliphatic carbocycles. The number of sulfonamides is 1. The van der Waals surface area contributed by atoms with Crippen molar-refractivity contribution in [1.82, 2.24) is 8.71 Å². The quantitative estimate of drug-likeness (QED) is 0.553. The van der Waals surface area contributed by atoms with Crippen molar-refractivity contribution in [2.24, 2.45) is 5.92 Å². The number of benzene rings is 1. The van der Waals surface area contributed by atoms with E-state index in [-0.39, 0.29) is 36.5 Å². The van der Waals surface area contributed by atoms with Gasteiger partial charge >= 0.3 is 5.97 Å². The maximum atomic E-state index is 13.0. The summed E-state index contributed by atoms with van der Waals surface area (Å²) >= 11 is 0. The molecule has 2 aromatic heterocycles. The Bertz CT molecular complexity index is 1310. The molecule has 0 radical (unpaired) electrons. The van der Waals surface area contributed by atoms with Gasteiger partial charge in [0.25, 0.3) is 0 Å². The normalized spacial score (nSPS) is 15.5. The smallest absolute Gasteiger partial charge is 0.309 e. The molecule has 1 fully saturated rings. The van der Waals surface area contributed by atoms with Gasteiger partial charge in [-0.3, -0.25) is 4.79 Å². The maximum absolute atomic E-state index is 13.0. The summed E-state index contributed by atoms with van der Waals surface area (Å²) in [5.74, 6) is -0.712. The molecule has 0 N–H and O–H groups in total. The van der Waals surface area contributed by atoms with Crippen molar-refractivity contribution in [3.63, 3.8) is 0 Å². The molecule has 1 aliphatic heterocycles. The second-order valence-corrected chi connectivity index (χ2v) is 10.1. The summed E-state index contributed by atoms with van der Waals surface area (Å²) in [6.07, 6.45) is 4.45. The number of rotatable bonds is 5. The summed E-state index contributed by atoms with van der Waals surface area (Å²) in [6.45, 7) is 4.40. The molecule has 7 nitrogen and oxygen atoms in total.